The fraction of sp³-hybridized carbons (Fsp3) is 0.559. The lowest BCUT2D eigenvalue weighted by Crippen LogP contribution is -2.61. The Hall–Kier alpha value is -3.51. The summed E-state index contributed by atoms with van der Waals surface area (Å²) in [7, 11) is 1.22. The van der Waals surface area contributed by atoms with Crippen LogP contribution in [0.4, 0.5) is 0 Å². The maximum atomic E-state index is 13.6. The van der Waals surface area contributed by atoms with Gasteiger partial charge in [0.2, 0.25) is 6.29 Å². The molecule has 3 saturated heterocycles. The number of phenolic OH excluding ortho intramolecular Hbond substituents is 1. The fourth-order valence-electron chi connectivity index (χ4n) is 6.63. The van der Waals surface area contributed by atoms with Crippen LogP contribution in [-0.2, 0) is 18.9 Å². The minimum atomic E-state index is -1.85. The number of rotatable bonds is 9. The van der Waals surface area contributed by atoms with Gasteiger partial charge < -0.3 is 89.0 Å². The van der Waals surface area contributed by atoms with E-state index in [2.05, 4.69) is 0 Å². The van der Waals surface area contributed by atoms with Gasteiger partial charge in [0.25, 0.3) is 0 Å². The van der Waals surface area contributed by atoms with Crippen molar-refractivity contribution >= 4 is 11.0 Å². The van der Waals surface area contributed by atoms with Gasteiger partial charge in [-0.05, 0) is 31.2 Å². The molecule has 0 radical (unpaired) electrons. The number of phenols is 1. The number of aromatic hydroxyl groups is 1. The van der Waals surface area contributed by atoms with E-state index in [0.717, 1.165) is 6.07 Å². The third-order valence-corrected chi connectivity index (χ3v) is 9.71. The molecule has 3 aliphatic rings. The summed E-state index contributed by atoms with van der Waals surface area (Å²) in [4.78, 5) is 13.6. The average Bonchev–Trinajstić information content (AvgIpc) is 3.15. The van der Waals surface area contributed by atoms with Crippen molar-refractivity contribution in [2.24, 2.45) is 0 Å². The molecule has 0 amide bonds. The van der Waals surface area contributed by atoms with Crippen molar-refractivity contribution in [2.45, 2.75) is 98.9 Å². The minimum absolute atomic E-state index is 0.0309. The molecular formula is C34H42O19. The number of hydrogen-bond acceptors (Lipinski definition) is 19. The Balaban J connectivity index is 1.32. The molecular weight excluding hydrogens is 712 g/mol. The summed E-state index contributed by atoms with van der Waals surface area (Å²) in [5.74, 6) is -0.695. The molecule has 11 N–H and O–H groups in total. The summed E-state index contributed by atoms with van der Waals surface area (Å²) in [6, 6.07) is 8.20. The van der Waals surface area contributed by atoms with Crippen LogP contribution in [-0.4, -0.2) is 162 Å². The number of aliphatic hydroxyl groups is 10. The monoisotopic (exact) mass is 754 g/mol. The largest absolute Gasteiger partial charge is 0.506 e. The smallest absolute Gasteiger partial charge is 0.229 e. The zero-order chi connectivity index (χ0) is 38.5. The summed E-state index contributed by atoms with van der Waals surface area (Å²) in [5.41, 5.74) is -0.805. The number of benzene rings is 2. The first kappa shape index (κ1) is 39.2. The van der Waals surface area contributed by atoms with Crippen molar-refractivity contribution < 1.29 is 89.0 Å². The quantitative estimate of drug-likeness (QED) is 0.102. The number of hydrogen-bond donors (Lipinski definition) is 11. The topological polar surface area (TPSA) is 308 Å². The van der Waals surface area contributed by atoms with E-state index in [9.17, 15) is 61.0 Å². The highest BCUT2D eigenvalue weighted by Crippen LogP contribution is 2.46. The highest BCUT2D eigenvalue weighted by molar-refractivity contribution is 5.88. The molecule has 4 heterocycles. The van der Waals surface area contributed by atoms with Gasteiger partial charge in [0.15, 0.2) is 11.7 Å². The Kier molecular flexibility index (Phi) is 11.6. The fourth-order valence-corrected chi connectivity index (χ4v) is 6.63. The van der Waals surface area contributed by atoms with E-state index in [1.54, 1.807) is 0 Å². The van der Waals surface area contributed by atoms with E-state index in [4.69, 9.17) is 32.8 Å². The van der Waals surface area contributed by atoms with E-state index >= 15 is 0 Å². The summed E-state index contributed by atoms with van der Waals surface area (Å²) in [5, 5.41) is 114. The van der Waals surface area contributed by atoms with E-state index in [0.29, 0.717) is 5.56 Å². The summed E-state index contributed by atoms with van der Waals surface area (Å²) >= 11 is 0. The third kappa shape index (κ3) is 7.22. The molecule has 6 rings (SSSR count). The number of methoxy groups -OCH3 is 1. The average molecular weight is 755 g/mol. The second-order valence-corrected chi connectivity index (χ2v) is 13.1. The lowest BCUT2D eigenvalue weighted by Gasteiger charge is -2.46. The van der Waals surface area contributed by atoms with Crippen LogP contribution >= 0.6 is 0 Å². The lowest BCUT2D eigenvalue weighted by molar-refractivity contribution is -0.338. The predicted molar refractivity (Wildman–Crippen MR) is 174 cm³/mol. The molecule has 292 valence electrons. The molecule has 2 aromatic carbocycles. The molecule has 0 saturated carbocycles. The summed E-state index contributed by atoms with van der Waals surface area (Å²) in [6.07, 6.45) is -23.5. The highest BCUT2D eigenvalue weighted by Gasteiger charge is 2.52. The molecule has 0 bridgehead atoms. The van der Waals surface area contributed by atoms with Crippen LogP contribution in [0.2, 0.25) is 0 Å². The molecule has 1 aromatic heterocycles. The lowest BCUT2D eigenvalue weighted by atomic mass is 9.89. The maximum Gasteiger partial charge on any atom is 0.229 e. The molecule has 3 aromatic rings. The Morgan fingerprint density at radius 2 is 1.32 bits per heavy atom. The molecule has 0 aliphatic carbocycles. The Labute approximate surface area is 299 Å². The standard InChI is InChI=1S/C34H42O19/c1-11-22(38)26(42)29(45)33(48-11)53-32-28(44)24(40)18(9-35)51-31(32)21-16(47-2)8-17-20(25(21)41)14(37)7-15(50-17)12-3-5-13(6-4-12)49-34-30(46)27(43)23(39)19(10-36)52-34/h3-8,11,18-19,22-24,26-36,38-46H,9-10H2,1-2H3/t11-,18-,19-,22+,23-,24-,26-,27+,28+,29+,30-,31+,32-,33+,34-/m1/s1. The molecule has 0 unspecified atom stereocenters. The predicted octanol–water partition coefficient (Wildman–Crippen LogP) is -3.28. The van der Waals surface area contributed by atoms with Crippen molar-refractivity contribution in [3.05, 3.63) is 52.2 Å². The van der Waals surface area contributed by atoms with Gasteiger partial charge in [-0.15, -0.1) is 0 Å². The van der Waals surface area contributed by atoms with Crippen molar-refractivity contribution in [1.29, 1.82) is 0 Å². The maximum absolute atomic E-state index is 13.6. The van der Waals surface area contributed by atoms with Crippen LogP contribution in [0.15, 0.2) is 45.6 Å². The van der Waals surface area contributed by atoms with Gasteiger partial charge in [0.1, 0.15) is 107 Å². The van der Waals surface area contributed by atoms with Crippen molar-refractivity contribution in [2.75, 3.05) is 20.3 Å². The van der Waals surface area contributed by atoms with E-state index in [-0.39, 0.29) is 33.8 Å². The van der Waals surface area contributed by atoms with Crippen molar-refractivity contribution in [1.82, 2.24) is 0 Å². The van der Waals surface area contributed by atoms with Gasteiger partial charge in [-0.3, -0.25) is 4.79 Å². The van der Waals surface area contributed by atoms with Crippen LogP contribution in [0.1, 0.15) is 18.6 Å². The second-order valence-electron chi connectivity index (χ2n) is 13.1. The van der Waals surface area contributed by atoms with Gasteiger partial charge in [-0.25, -0.2) is 0 Å². The van der Waals surface area contributed by atoms with Crippen LogP contribution in [0.5, 0.6) is 17.2 Å². The van der Waals surface area contributed by atoms with Crippen molar-refractivity contribution in [3.8, 4) is 28.6 Å². The third-order valence-electron chi connectivity index (χ3n) is 9.71. The highest BCUT2D eigenvalue weighted by atomic mass is 16.7. The zero-order valence-corrected chi connectivity index (χ0v) is 28.2. The van der Waals surface area contributed by atoms with E-state index in [1.807, 2.05) is 0 Å². The molecule has 19 nitrogen and oxygen atoms in total. The van der Waals surface area contributed by atoms with Crippen LogP contribution in [0.25, 0.3) is 22.3 Å². The van der Waals surface area contributed by atoms with Crippen LogP contribution in [0.3, 0.4) is 0 Å². The minimum Gasteiger partial charge on any atom is -0.506 e. The first-order chi connectivity index (χ1) is 25.2. The molecule has 3 aliphatic heterocycles. The molecule has 15 atom stereocenters. The Morgan fingerprint density at radius 3 is 1.96 bits per heavy atom. The van der Waals surface area contributed by atoms with E-state index < -0.39 is 116 Å². The zero-order valence-electron chi connectivity index (χ0n) is 28.2. The molecule has 53 heavy (non-hydrogen) atoms. The number of aliphatic hydroxyl groups excluding tert-OH is 10. The first-order valence-corrected chi connectivity index (χ1v) is 16.6. The van der Waals surface area contributed by atoms with Gasteiger partial charge in [-0.1, -0.05) is 0 Å². The molecule has 0 spiro atoms. The Morgan fingerprint density at radius 1 is 0.717 bits per heavy atom. The van der Waals surface area contributed by atoms with Crippen LogP contribution in [0, 0.1) is 0 Å². The van der Waals surface area contributed by atoms with Gasteiger partial charge in [0.05, 0.1) is 32.0 Å². The van der Waals surface area contributed by atoms with E-state index in [1.165, 1.54) is 44.4 Å². The Bertz CT molecular complexity index is 1780. The van der Waals surface area contributed by atoms with Gasteiger partial charge in [-0.2, -0.15) is 0 Å². The summed E-state index contributed by atoms with van der Waals surface area (Å²) < 4.78 is 39.7. The van der Waals surface area contributed by atoms with Crippen LogP contribution < -0.4 is 14.9 Å². The summed E-state index contributed by atoms with van der Waals surface area (Å²) in [6.45, 7) is -0.0325. The number of ether oxygens (including phenoxy) is 6. The SMILES string of the molecule is COc1cc2oc(-c3ccc(O[C@@H]4O[C@H](CO)[C@@H](O)[C@H](O)[C@H]4O)cc3)cc(=O)c2c(O)c1[C@@H]1O[C@H](CO)[C@@H](O)[C@H](O)[C@H]1O[C@@H]1O[C@H](C)[C@H](O)[C@@H](O)[C@@H]1O. The molecule has 3 fully saturated rings. The number of fused-ring (bicyclic) bond motifs is 1. The van der Waals surface area contributed by atoms with Crippen molar-refractivity contribution in [3.63, 3.8) is 0 Å². The second kappa shape index (κ2) is 15.7. The normalized spacial score (nSPS) is 37.8. The molecule has 19 heteroatoms. The first-order valence-electron chi connectivity index (χ1n) is 16.6. The van der Waals surface area contributed by atoms with Gasteiger partial charge >= 0.3 is 0 Å². The van der Waals surface area contributed by atoms with Gasteiger partial charge in [0, 0.05) is 17.7 Å².